The summed E-state index contributed by atoms with van der Waals surface area (Å²) >= 11 is 5.91. The van der Waals surface area contributed by atoms with Crippen molar-refractivity contribution < 1.29 is 9.59 Å². The topological polar surface area (TPSA) is 34.1 Å². The molecule has 88 valence electrons. The predicted molar refractivity (Wildman–Crippen MR) is 69.3 cm³/mol. The quantitative estimate of drug-likeness (QED) is 0.732. The zero-order chi connectivity index (χ0) is 12.7. The van der Waals surface area contributed by atoms with Gasteiger partial charge >= 0.3 is 0 Å². The summed E-state index contributed by atoms with van der Waals surface area (Å²) in [5.41, 5.74) is 1.67. The van der Waals surface area contributed by atoms with E-state index < -0.39 is 5.92 Å². The molecule has 0 bridgehead atoms. The molecular formula is C15H9ClO2. The maximum atomic E-state index is 12.3. The summed E-state index contributed by atoms with van der Waals surface area (Å²) in [6.45, 7) is 0. The fourth-order valence-electron chi connectivity index (χ4n) is 2.33. The van der Waals surface area contributed by atoms with Gasteiger partial charge in [-0.3, -0.25) is 9.59 Å². The third kappa shape index (κ3) is 1.57. The summed E-state index contributed by atoms with van der Waals surface area (Å²) in [5.74, 6) is -1.02. The van der Waals surface area contributed by atoms with Crippen LogP contribution in [-0.2, 0) is 0 Å². The Hall–Kier alpha value is -1.93. The summed E-state index contributed by atoms with van der Waals surface area (Å²) in [6.07, 6.45) is 0. The normalized spacial score (nSPS) is 14.9. The van der Waals surface area contributed by atoms with Crippen LogP contribution in [0.15, 0.2) is 48.5 Å². The predicted octanol–water partition coefficient (Wildman–Crippen LogP) is 3.50. The fourth-order valence-corrected chi connectivity index (χ4v) is 2.53. The van der Waals surface area contributed by atoms with Gasteiger partial charge in [0, 0.05) is 16.1 Å². The van der Waals surface area contributed by atoms with Gasteiger partial charge in [0.15, 0.2) is 11.6 Å². The highest BCUT2D eigenvalue weighted by Crippen LogP contribution is 2.34. The van der Waals surface area contributed by atoms with Crippen molar-refractivity contribution in [3.05, 3.63) is 70.2 Å². The molecular weight excluding hydrogens is 248 g/mol. The molecule has 18 heavy (non-hydrogen) atoms. The molecule has 3 heteroatoms. The molecule has 0 N–H and O–H groups in total. The van der Waals surface area contributed by atoms with Crippen molar-refractivity contribution in [3.8, 4) is 0 Å². The first-order valence-corrected chi connectivity index (χ1v) is 5.99. The van der Waals surface area contributed by atoms with Crippen LogP contribution in [0.2, 0.25) is 5.02 Å². The van der Waals surface area contributed by atoms with E-state index in [9.17, 15) is 9.59 Å². The van der Waals surface area contributed by atoms with Crippen LogP contribution in [0.5, 0.6) is 0 Å². The lowest BCUT2D eigenvalue weighted by atomic mass is 9.94. The van der Waals surface area contributed by atoms with E-state index in [1.807, 2.05) is 0 Å². The fraction of sp³-hybridized carbons (Fsp3) is 0.0667. The van der Waals surface area contributed by atoms with Crippen LogP contribution in [-0.4, -0.2) is 11.6 Å². The lowest BCUT2D eigenvalue weighted by Crippen LogP contribution is -2.12. The minimum absolute atomic E-state index is 0.141. The standard InChI is InChI=1S/C15H9ClO2/c16-10-5-3-4-9(8-10)13-14(17)11-6-1-2-7-12(11)15(13)18/h1-8,13H. The highest BCUT2D eigenvalue weighted by atomic mass is 35.5. The van der Waals surface area contributed by atoms with E-state index in [1.54, 1.807) is 48.5 Å². The smallest absolute Gasteiger partial charge is 0.178 e. The Kier molecular flexibility index (Phi) is 2.53. The summed E-state index contributed by atoms with van der Waals surface area (Å²) < 4.78 is 0. The van der Waals surface area contributed by atoms with Gasteiger partial charge in [0.1, 0.15) is 5.92 Å². The molecule has 2 nitrogen and oxygen atoms in total. The number of fused-ring (bicyclic) bond motifs is 1. The molecule has 2 aromatic carbocycles. The summed E-state index contributed by atoms with van der Waals surface area (Å²) in [6, 6.07) is 13.8. The van der Waals surface area contributed by atoms with Crippen LogP contribution < -0.4 is 0 Å². The van der Waals surface area contributed by atoms with Crippen molar-refractivity contribution in [1.82, 2.24) is 0 Å². The van der Waals surface area contributed by atoms with E-state index in [-0.39, 0.29) is 11.6 Å². The second-order valence-corrected chi connectivity index (χ2v) is 4.70. The molecule has 2 aromatic rings. The summed E-state index contributed by atoms with van der Waals surface area (Å²) in [7, 11) is 0. The van der Waals surface area contributed by atoms with Crippen LogP contribution in [0.25, 0.3) is 0 Å². The zero-order valence-corrected chi connectivity index (χ0v) is 10.1. The van der Waals surface area contributed by atoms with Crippen molar-refractivity contribution >= 4 is 23.2 Å². The first kappa shape index (κ1) is 11.2. The van der Waals surface area contributed by atoms with E-state index in [2.05, 4.69) is 0 Å². The third-order valence-electron chi connectivity index (χ3n) is 3.16. The van der Waals surface area contributed by atoms with Crippen molar-refractivity contribution in [1.29, 1.82) is 0 Å². The second kappa shape index (κ2) is 4.07. The van der Waals surface area contributed by atoms with E-state index >= 15 is 0 Å². The van der Waals surface area contributed by atoms with E-state index in [4.69, 9.17) is 11.6 Å². The molecule has 1 aliphatic rings. The van der Waals surface area contributed by atoms with Gasteiger partial charge in [-0.1, -0.05) is 48.0 Å². The molecule has 0 heterocycles. The number of hydrogen-bond donors (Lipinski definition) is 0. The Morgan fingerprint density at radius 1 is 0.833 bits per heavy atom. The first-order chi connectivity index (χ1) is 8.68. The van der Waals surface area contributed by atoms with Crippen LogP contribution in [0.4, 0.5) is 0 Å². The number of halogens is 1. The monoisotopic (exact) mass is 256 g/mol. The van der Waals surface area contributed by atoms with Crippen molar-refractivity contribution in [2.75, 3.05) is 0 Å². The molecule has 0 spiro atoms. The van der Waals surface area contributed by atoms with Crippen molar-refractivity contribution in [2.45, 2.75) is 5.92 Å². The van der Waals surface area contributed by atoms with Gasteiger partial charge in [-0.15, -0.1) is 0 Å². The Labute approximate surface area is 109 Å². The first-order valence-electron chi connectivity index (χ1n) is 5.61. The van der Waals surface area contributed by atoms with E-state index in [1.165, 1.54) is 0 Å². The zero-order valence-electron chi connectivity index (χ0n) is 9.39. The minimum atomic E-state index is -0.735. The highest BCUT2D eigenvalue weighted by Gasteiger charge is 2.39. The molecule has 0 amide bonds. The van der Waals surface area contributed by atoms with Crippen LogP contribution in [0.3, 0.4) is 0 Å². The molecule has 0 fully saturated rings. The third-order valence-corrected chi connectivity index (χ3v) is 3.40. The number of carbonyl (C=O) groups is 2. The minimum Gasteiger partial charge on any atom is -0.293 e. The van der Waals surface area contributed by atoms with Gasteiger partial charge < -0.3 is 0 Å². The number of hydrogen-bond acceptors (Lipinski definition) is 2. The van der Waals surface area contributed by atoms with E-state index in [0.717, 1.165) is 0 Å². The van der Waals surface area contributed by atoms with Gasteiger partial charge in [-0.25, -0.2) is 0 Å². The Morgan fingerprint density at radius 3 is 2.00 bits per heavy atom. The van der Waals surface area contributed by atoms with Crippen LogP contribution >= 0.6 is 11.6 Å². The van der Waals surface area contributed by atoms with E-state index in [0.29, 0.717) is 21.7 Å². The Balaban J connectivity index is 2.12. The highest BCUT2D eigenvalue weighted by molar-refractivity contribution is 6.32. The number of ketones is 2. The molecule has 0 aromatic heterocycles. The molecule has 0 saturated carbocycles. The SMILES string of the molecule is O=C1c2ccccc2C(=O)C1c1cccc(Cl)c1. The van der Waals surface area contributed by atoms with Gasteiger partial charge in [0.05, 0.1) is 0 Å². The lowest BCUT2D eigenvalue weighted by Gasteiger charge is -2.07. The maximum Gasteiger partial charge on any atom is 0.178 e. The van der Waals surface area contributed by atoms with Gasteiger partial charge in [0.25, 0.3) is 0 Å². The number of rotatable bonds is 1. The average Bonchev–Trinajstić information content (AvgIpc) is 2.63. The van der Waals surface area contributed by atoms with Crippen molar-refractivity contribution in [3.63, 3.8) is 0 Å². The molecule has 0 aliphatic heterocycles. The Morgan fingerprint density at radius 2 is 1.44 bits per heavy atom. The number of carbonyl (C=O) groups excluding carboxylic acids is 2. The number of Topliss-reactive ketones (excluding diaryl/α,β-unsaturated/α-hetero) is 2. The van der Waals surface area contributed by atoms with Gasteiger partial charge in [-0.2, -0.15) is 0 Å². The largest absolute Gasteiger partial charge is 0.293 e. The molecule has 0 unspecified atom stereocenters. The van der Waals surface area contributed by atoms with Crippen LogP contribution in [0.1, 0.15) is 32.2 Å². The van der Waals surface area contributed by atoms with Crippen molar-refractivity contribution in [2.24, 2.45) is 0 Å². The summed E-state index contributed by atoms with van der Waals surface area (Å²) in [5, 5.41) is 0.532. The molecule has 0 saturated heterocycles. The molecule has 1 aliphatic carbocycles. The summed E-state index contributed by atoms with van der Waals surface area (Å²) in [4.78, 5) is 24.5. The Bertz CT molecular complexity index is 626. The lowest BCUT2D eigenvalue weighted by molar-refractivity contribution is 0.0890. The molecule has 3 rings (SSSR count). The number of benzene rings is 2. The van der Waals surface area contributed by atoms with Gasteiger partial charge in [0.2, 0.25) is 0 Å². The maximum absolute atomic E-state index is 12.3. The van der Waals surface area contributed by atoms with Crippen LogP contribution in [0, 0.1) is 0 Å². The second-order valence-electron chi connectivity index (χ2n) is 4.26. The average molecular weight is 257 g/mol. The van der Waals surface area contributed by atoms with Gasteiger partial charge in [-0.05, 0) is 17.7 Å². The molecule has 0 radical (unpaired) electrons. The molecule has 0 atom stereocenters.